The summed E-state index contributed by atoms with van der Waals surface area (Å²) >= 11 is 11.2. The summed E-state index contributed by atoms with van der Waals surface area (Å²) in [6.45, 7) is 1.71. The van der Waals surface area contributed by atoms with Crippen molar-refractivity contribution in [2.24, 2.45) is 0 Å². The van der Waals surface area contributed by atoms with Crippen LogP contribution in [0.25, 0.3) is 10.9 Å². The highest BCUT2D eigenvalue weighted by atomic mass is 35.5. The maximum absolute atomic E-state index is 12.2. The highest BCUT2D eigenvalue weighted by Crippen LogP contribution is 2.27. The van der Waals surface area contributed by atoms with Crippen molar-refractivity contribution in [3.8, 4) is 0 Å². The molecule has 0 unspecified atom stereocenters. The zero-order valence-corrected chi connectivity index (χ0v) is 11.3. The quantitative estimate of drug-likeness (QED) is 0.673. The monoisotopic (exact) mass is 297 g/mol. The van der Waals surface area contributed by atoms with Crippen LogP contribution in [0.5, 0.6) is 0 Å². The van der Waals surface area contributed by atoms with Gasteiger partial charge in [-0.1, -0.05) is 41.4 Å². The predicted molar refractivity (Wildman–Crippen MR) is 73.7 cm³/mol. The maximum atomic E-state index is 12.2. The van der Waals surface area contributed by atoms with E-state index in [0.29, 0.717) is 16.6 Å². The van der Waals surface area contributed by atoms with E-state index < -0.39 is 21.8 Å². The van der Waals surface area contributed by atoms with Gasteiger partial charge in [-0.3, -0.25) is 4.79 Å². The van der Waals surface area contributed by atoms with Crippen LogP contribution < -0.4 is 0 Å². The normalized spacial score (nSPS) is 12.4. The number of allylic oxidation sites excluding steroid dienone is 1. The van der Waals surface area contributed by atoms with E-state index in [1.165, 1.54) is 0 Å². The summed E-state index contributed by atoms with van der Waals surface area (Å²) in [5, 5.41) is 8.24. The van der Waals surface area contributed by atoms with Gasteiger partial charge in [-0.05, 0) is 13.0 Å². The molecule has 0 aliphatic carbocycles. The van der Waals surface area contributed by atoms with E-state index >= 15 is 0 Å². The van der Waals surface area contributed by atoms with Crippen molar-refractivity contribution in [3.05, 3.63) is 45.6 Å². The molecule has 0 radical (unpaired) electrons. The van der Waals surface area contributed by atoms with Crippen LogP contribution >= 0.6 is 23.2 Å². The summed E-state index contributed by atoms with van der Waals surface area (Å²) < 4.78 is 0. The molecule has 0 saturated heterocycles. The minimum absolute atomic E-state index is 0.333. The number of aromatic nitrogens is 1. The van der Waals surface area contributed by atoms with Crippen molar-refractivity contribution < 1.29 is 14.7 Å². The van der Waals surface area contributed by atoms with Crippen molar-refractivity contribution in [1.82, 2.24) is 4.98 Å². The van der Waals surface area contributed by atoms with E-state index in [-0.39, 0.29) is 0 Å². The number of carboxylic acid groups (broad SMARTS) is 1. The van der Waals surface area contributed by atoms with Crippen molar-refractivity contribution in [1.29, 1.82) is 0 Å². The first kappa shape index (κ1) is 13.6. The maximum Gasteiger partial charge on any atom is 0.349 e. The van der Waals surface area contributed by atoms with E-state index in [2.05, 4.69) is 4.98 Å². The van der Waals surface area contributed by atoms with Crippen molar-refractivity contribution in [3.63, 3.8) is 0 Å². The van der Waals surface area contributed by atoms with Gasteiger partial charge in [-0.15, -0.1) is 0 Å². The number of rotatable bonds is 3. The molecule has 0 saturated carbocycles. The summed E-state index contributed by atoms with van der Waals surface area (Å²) in [5.74, 6) is -2.04. The standard InChI is InChI=1S/C13H9Cl2NO3/c1-6-9(7-4-2-3-5-8(7)16-6)12(17)10(14)11(15)13(18)19/h2-5,16H,1H3,(H,18,19)/b11-10+. The first-order valence-electron chi connectivity index (χ1n) is 5.34. The minimum atomic E-state index is -1.43. The van der Waals surface area contributed by atoms with Crippen LogP contribution in [0.3, 0.4) is 0 Å². The fourth-order valence-corrected chi connectivity index (χ4v) is 2.13. The lowest BCUT2D eigenvalue weighted by Gasteiger charge is -2.01. The van der Waals surface area contributed by atoms with Gasteiger partial charge in [0.15, 0.2) is 0 Å². The van der Waals surface area contributed by atoms with Gasteiger partial charge < -0.3 is 10.1 Å². The van der Waals surface area contributed by atoms with Gasteiger partial charge in [0.05, 0.1) is 5.56 Å². The predicted octanol–water partition coefficient (Wildman–Crippen LogP) is 3.43. The second-order valence-corrected chi connectivity index (χ2v) is 4.69. The topological polar surface area (TPSA) is 70.2 Å². The minimum Gasteiger partial charge on any atom is -0.477 e. The highest BCUT2D eigenvalue weighted by Gasteiger charge is 2.23. The third-order valence-electron chi connectivity index (χ3n) is 2.70. The molecule has 1 heterocycles. The Bertz CT molecular complexity index is 716. The Morgan fingerprint density at radius 3 is 2.42 bits per heavy atom. The fraction of sp³-hybridized carbons (Fsp3) is 0.0769. The van der Waals surface area contributed by atoms with Crippen LogP contribution in [0.1, 0.15) is 16.1 Å². The second kappa shape index (κ2) is 5.07. The first-order valence-corrected chi connectivity index (χ1v) is 6.09. The summed E-state index contributed by atoms with van der Waals surface area (Å²) in [7, 11) is 0. The largest absolute Gasteiger partial charge is 0.477 e. The zero-order valence-electron chi connectivity index (χ0n) is 9.83. The van der Waals surface area contributed by atoms with Crippen LogP contribution in [-0.2, 0) is 4.79 Å². The molecular weight excluding hydrogens is 289 g/mol. The number of carbonyl (C=O) groups is 2. The van der Waals surface area contributed by atoms with Gasteiger partial charge in [-0.2, -0.15) is 0 Å². The first-order chi connectivity index (χ1) is 8.93. The summed E-state index contributed by atoms with van der Waals surface area (Å²) in [6.07, 6.45) is 0. The average molecular weight is 298 g/mol. The van der Waals surface area contributed by atoms with Crippen LogP contribution in [0.15, 0.2) is 34.3 Å². The molecule has 0 atom stereocenters. The van der Waals surface area contributed by atoms with Gasteiger partial charge in [0, 0.05) is 16.6 Å². The Balaban J connectivity index is 2.63. The van der Waals surface area contributed by atoms with Crippen LogP contribution in [0.4, 0.5) is 0 Å². The van der Waals surface area contributed by atoms with Crippen LogP contribution in [0.2, 0.25) is 0 Å². The molecule has 98 valence electrons. The van der Waals surface area contributed by atoms with Gasteiger partial charge >= 0.3 is 5.97 Å². The molecular formula is C13H9Cl2NO3. The smallest absolute Gasteiger partial charge is 0.349 e. The lowest BCUT2D eigenvalue weighted by atomic mass is 10.1. The third kappa shape index (κ3) is 2.37. The molecule has 2 rings (SSSR count). The van der Waals surface area contributed by atoms with Gasteiger partial charge in [0.1, 0.15) is 10.1 Å². The summed E-state index contributed by atoms with van der Waals surface area (Å²) in [4.78, 5) is 26.0. The van der Waals surface area contributed by atoms with Crippen LogP contribution in [0, 0.1) is 6.92 Å². The Morgan fingerprint density at radius 1 is 1.16 bits per heavy atom. The van der Waals surface area contributed by atoms with E-state index in [9.17, 15) is 9.59 Å². The summed E-state index contributed by atoms with van der Waals surface area (Å²) in [5.41, 5.74) is 1.72. The van der Waals surface area contributed by atoms with Crippen LogP contribution in [-0.4, -0.2) is 21.8 Å². The average Bonchev–Trinajstić information content (AvgIpc) is 2.71. The number of aryl methyl sites for hydroxylation is 1. The molecule has 0 fully saturated rings. The number of hydrogen-bond acceptors (Lipinski definition) is 2. The number of carboxylic acids is 1. The number of halogens is 2. The molecule has 2 N–H and O–H groups in total. The molecule has 0 spiro atoms. The van der Waals surface area contributed by atoms with Crippen molar-refractivity contribution >= 4 is 45.9 Å². The molecule has 0 amide bonds. The van der Waals surface area contributed by atoms with Crippen molar-refractivity contribution in [2.75, 3.05) is 0 Å². The number of benzene rings is 1. The molecule has 1 aromatic carbocycles. The number of carbonyl (C=O) groups excluding carboxylic acids is 1. The molecule has 1 aromatic heterocycles. The zero-order chi connectivity index (χ0) is 14.2. The Hall–Kier alpha value is -1.78. The lowest BCUT2D eigenvalue weighted by molar-refractivity contribution is -0.131. The number of Topliss-reactive ketones (excluding diaryl/α,β-unsaturated/α-hetero) is 1. The van der Waals surface area contributed by atoms with Gasteiger partial charge in [-0.25, -0.2) is 4.79 Å². The third-order valence-corrected chi connectivity index (χ3v) is 3.51. The van der Waals surface area contributed by atoms with E-state index in [1.807, 2.05) is 12.1 Å². The van der Waals surface area contributed by atoms with Gasteiger partial charge in [0.2, 0.25) is 5.78 Å². The molecule has 19 heavy (non-hydrogen) atoms. The molecule has 2 aromatic rings. The Kier molecular flexibility index (Phi) is 3.64. The molecule has 4 nitrogen and oxygen atoms in total. The summed E-state index contributed by atoms with van der Waals surface area (Å²) in [6, 6.07) is 7.18. The number of para-hydroxylation sites is 1. The van der Waals surface area contributed by atoms with E-state index in [0.717, 1.165) is 5.52 Å². The van der Waals surface area contributed by atoms with Crippen molar-refractivity contribution in [2.45, 2.75) is 6.92 Å². The molecule has 6 heteroatoms. The molecule has 0 aliphatic rings. The number of ketones is 1. The Labute approximate surface area is 118 Å². The number of hydrogen-bond donors (Lipinski definition) is 2. The molecule has 0 aliphatic heterocycles. The number of nitrogens with one attached hydrogen (secondary N) is 1. The SMILES string of the molecule is Cc1[nH]c2ccccc2c1C(=O)/C(Cl)=C(\Cl)C(=O)O. The Morgan fingerprint density at radius 2 is 1.79 bits per heavy atom. The second-order valence-electron chi connectivity index (χ2n) is 3.93. The van der Waals surface area contributed by atoms with E-state index in [1.54, 1.807) is 19.1 Å². The highest BCUT2D eigenvalue weighted by molar-refractivity contribution is 6.55. The lowest BCUT2D eigenvalue weighted by Crippen LogP contribution is -2.06. The number of fused-ring (bicyclic) bond motifs is 1. The van der Waals surface area contributed by atoms with E-state index in [4.69, 9.17) is 28.3 Å². The number of H-pyrrole nitrogens is 1. The number of aromatic amines is 1. The van der Waals surface area contributed by atoms with Gasteiger partial charge in [0.25, 0.3) is 0 Å². The number of aliphatic carboxylic acids is 1. The molecule has 0 bridgehead atoms. The fourth-order valence-electron chi connectivity index (χ4n) is 1.87.